The maximum absolute atomic E-state index is 14.6. The highest BCUT2D eigenvalue weighted by Crippen LogP contribution is 2.77. The van der Waals surface area contributed by atoms with Gasteiger partial charge in [-0.1, -0.05) is 60.6 Å². The minimum absolute atomic E-state index is 0.0402. The predicted molar refractivity (Wildman–Crippen MR) is 194 cm³/mol. The van der Waals surface area contributed by atoms with Crippen molar-refractivity contribution in [1.82, 2.24) is 16.0 Å². The summed E-state index contributed by atoms with van der Waals surface area (Å²) in [5, 5.41) is 20.0. The van der Waals surface area contributed by atoms with Gasteiger partial charge in [-0.25, -0.2) is 0 Å². The molecule has 7 heteroatoms. The molecule has 1 aromatic rings. The van der Waals surface area contributed by atoms with E-state index >= 15 is 0 Å². The topological polar surface area (TPSA) is 108 Å². The Kier molecular flexibility index (Phi) is 9.63. The van der Waals surface area contributed by atoms with E-state index in [1.165, 1.54) is 32.6 Å². The lowest BCUT2D eigenvalue weighted by molar-refractivity contribution is -0.248. The smallest absolute Gasteiger partial charge is 0.251 e. The number of fused-ring (bicyclic) bond motifs is 7. The quantitative estimate of drug-likeness (QED) is 0.218. The van der Waals surface area contributed by atoms with E-state index in [0.717, 1.165) is 44.1 Å². The third-order valence-corrected chi connectivity index (χ3v) is 16.2. The van der Waals surface area contributed by atoms with Gasteiger partial charge in [0.1, 0.15) is 0 Å². The normalized spacial score (nSPS) is 40.7. The van der Waals surface area contributed by atoms with Gasteiger partial charge in [0, 0.05) is 32.1 Å². The summed E-state index contributed by atoms with van der Waals surface area (Å²) < 4.78 is 0. The maximum atomic E-state index is 14.6. The van der Waals surface area contributed by atoms with Gasteiger partial charge in [0.05, 0.1) is 11.5 Å². The molecule has 0 aromatic heterocycles. The van der Waals surface area contributed by atoms with Crippen LogP contribution in [0.4, 0.5) is 0 Å². The zero-order valence-electron chi connectivity index (χ0n) is 31.7. The lowest BCUT2D eigenvalue weighted by Gasteiger charge is -2.73. The van der Waals surface area contributed by atoms with Crippen LogP contribution < -0.4 is 16.0 Å². The molecule has 0 saturated heterocycles. The highest BCUT2D eigenvalue weighted by atomic mass is 16.3. The number of rotatable bonds is 8. The third kappa shape index (κ3) is 5.76. The molecular formula is C42H65N3O4. The summed E-state index contributed by atoms with van der Waals surface area (Å²) in [5.41, 5.74) is 1.91. The molecule has 4 N–H and O–H groups in total. The van der Waals surface area contributed by atoms with Gasteiger partial charge in [0.15, 0.2) is 0 Å². The number of aliphatic hydroxyl groups is 1. The second kappa shape index (κ2) is 13.0. The van der Waals surface area contributed by atoms with Gasteiger partial charge in [-0.2, -0.15) is 0 Å². The maximum Gasteiger partial charge on any atom is 0.251 e. The van der Waals surface area contributed by atoms with Crippen molar-refractivity contribution in [1.29, 1.82) is 0 Å². The lowest BCUT2D eigenvalue weighted by atomic mass is 9.32. The van der Waals surface area contributed by atoms with Gasteiger partial charge in [-0.05, 0) is 139 Å². The Morgan fingerprint density at radius 3 is 2.14 bits per heavy atom. The summed E-state index contributed by atoms with van der Waals surface area (Å²) in [7, 11) is 0. The summed E-state index contributed by atoms with van der Waals surface area (Å²) in [6, 6.07) is 7.50. The van der Waals surface area contributed by atoms with Crippen molar-refractivity contribution in [3.8, 4) is 0 Å². The second-order valence-electron chi connectivity index (χ2n) is 18.8. The van der Waals surface area contributed by atoms with Gasteiger partial charge < -0.3 is 21.1 Å². The number of carbonyl (C=O) groups excluding carboxylic acids is 3. The molecule has 49 heavy (non-hydrogen) atoms. The molecule has 10 atom stereocenters. The van der Waals surface area contributed by atoms with Gasteiger partial charge in [0.25, 0.3) is 5.91 Å². The molecule has 0 radical (unpaired) electrons. The van der Waals surface area contributed by atoms with Crippen LogP contribution in [0.15, 0.2) is 24.3 Å². The molecule has 6 rings (SSSR count). The molecule has 1 aromatic carbocycles. The first kappa shape index (κ1) is 36.4. The first-order valence-corrected chi connectivity index (χ1v) is 19.6. The third-order valence-electron chi connectivity index (χ3n) is 16.2. The van der Waals surface area contributed by atoms with Crippen LogP contribution in [0, 0.1) is 62.6 Å². The molecule has 5 fully saturated rings. The van der Waals surface area contributed by atoms with E-state index in [1.54, 1.807) is 0 Å². The highest BCUT2D eigenvalue weighted by Gasteiger charge is 2.71. The van der Waals surface area contributed by atoms with Crippen LogP contribution in [0.1, 0.15) is 136 Å². The molecule has 0 heterocycles. The van der Waals surface area contributed by atoms with E-state index in [4.69, 9.17) is 0 Å². The summed E-state index contributed by atoms with van der Waals surface area (Å²) >= 11 is 0. The van der Waals surface area contributed by atoms with Crippen LogP contribution >= 0.6 is 0 Å². The monoisotopic (exact) mass is 675 g/mol. The van der Waals surface area contributed by atoms with Crippen molar-refractivity contribution >= 4 is 17.7 Å². The van der Waals surface area contributed by atoms with Gasteiger partial charge >= 0.3 is 0 Å². The van der Waals surface area contributed by atoms with Crippen molar-refractivity contribution in [2.45, 2.75) is 132 Å². The number of aliphatic hydroxyl groups excluding tert-OH is 1. The number of amides is 3. The van der Waals surface area contributed by atoms with Gasteiger partial charge in [-0.15, -0.1) is 0 Å². The average Bonchev–Trinajstić information content (AvgIpc) is 3.46. The number of hydrogen-bond donors (Lipinski definition) is 4. The first-order chi connectivity index (χ1) is 23.0. The van der Waals surface area contributed by atoms with E-state index < -0.39 is 0 Å². The van der Waals surface area contributed by atoms with E-state index in [0.29, 0.717) is 60.7 Å². The van der Waals surface area contributed by atoms with Crippen molar-refractivity contribution in [3.05, 3.63) is 35.4 Å². The van der Waals surface area contributed by atoms with Crippen molar-refractivity contribution in [2.75, 3.05) is 13.1 Å². The van der Waals surface area contributed by atoms with Crippen LogP contribution in [0.25, 0.3) is 0 Å². The fraction of sp³-hybridized carbons (Fsp3) is 0.786. The summed E-state index contributed by atoms with van der Waals surface area (Å²) in [6.07, 6.45) is 11.0. The fourth-order valence-corrected chi connectivity index (χ4v) is 13.4. The Hall–Kier alpha value is -2.41. The fourth-order valence-electron chi connectivity index (χ4n) is 13.4. The largest absolute Gasteiger partial charge is 0.393 e. The lowest BCUT2D eigenvalue weighted by Crippen LogP contribution is -2.67. The average molecular weight is 676 g/mol. The Morgan fingerprint density at radius 1 is 0.776 bits per heavy atom. The minimum Gasteiger partial charge on any atom is -0.393 e. The van der Waals surface area contributed by atoms with E-state index in [9.17, 15) is 19.5 Å². The molecule has 10 unspecified atom stereocenters. The first-order valence-electron chi connectivity index (χ1n) is 19.6. The number of hydrogen-bond acceptors (Lipinski definition) is 4. The summed E-state index contributed by atoms with van der Waals surface area (Å²) in [6.45, 7) is 20.0. The molecule has 272 valence electrons. The van der Waals surface area contributed by atoms with Crippen LogP contribution in [-0.4, -0.2) is 42.0 Å². The minimum atomic E-state index is -0.311. The number of nitrogens with one attached hydrogen (secondary N) is 3. The SMILES string of the molecule is CC(=O)NCCNC(=O)c1ccc(CNC(=O)C23CCC(C(C)C)C2C2CCC4C5(C)CCC(O)C(C)(C)C5CCC4(C)C2(C)CC3)cc1. The molecule has 3 amide bonds. The number of benzene rings is 1. The van der Waals surface area contributed by atoms with Crippen molar-refractivity contribution < 1.29 is 19.5 Å². The molecular weight excluding hydrogens is 610 g/mol. The molecule has 7 nitrogen and oxygen atoms in total. The molecule has 5 aliphatic rings. The Bertz CT molecular complexity index is 1420. The van der Waals surface area contributed by atoms with E-state index in [-0.39, 0.29) is 50.9 Å². The van der Waals surface area contributed by atoms with Gasteiger partial charge in [-0.3, -0.25) is 14.4 Å². The molecule has 0 spiro atoms. The zero-order valence-corrected chi connectivity index (χ0v) is 31.7. The molecule has 5 saturated carbocycles. The second-order valence-corrected chi connectivity index (χ2v) is 18.8. The molecule has 0 bridgehead atoms. The van der Waals surface area contributed by atoms with Gasteiger partial charge in [0.2, 0.25) is 11.8 Å². The Morgan fingerprint density at radius 2 is 1.47 bits per heavy atom. The van der Waals surface area contributed by atoms with Crippen LogP contribution in [0.3, 0.4) is 0 Å². The Balaban J connectivity index is 1.19. The van der Waals surface area contributed by atoms with Crippen molar-refractivity contribution in [2.24, 2.45) is 62.6 Å². The zero-order chi connectivity index (χ0) is 35.6. The van der Waals surface area contributed by atoms with E-state index in [2.05, 4.69) is 64.4 Å². The standard InChI is InChI=1S/C42H65N3O4/c1-26(2)30-15-20-42(37(49)45-25-28-9-11-29(12-10-28)36(48)44-24-23-43-27(3)46)22-21-40(7)31(35(30)42)13-14-33-39(6)18-17-34(47)38(4,5)32(39)16-19-41(33,40)8/h9-12,26,30-35,47H,13-25H2,1-8H3,(H,43,46)(H,44,48)(H,45,49). The summed E-state index contributed by atoms with van der Waals surface area (Å²) in [5.74, 6) is 3.25. The van der Waals surface area contributed by atoms with E-state index in [1.807, 2.05) is 24.3 Å². The predicted octanol–water partition coefficient (Wildman–Crippen LogP) is 7.27. The van der Waals surface area contributed by atoms with Crippen molar-refractivity contribution in [3.63, 3.8) is 0 Å². The van der Waals surface area contributed by atoms with Crippen LogP contribution in [0.5, 0.6) is 0 Å². The number of carbonyl (C=O) groups is 3. The Labute approximate surface area is 295 Å². The van der Waals surface area contributed by atoms with Crippen LogP contribution in [-0.2, 0) is 16.1 Å². The summed E-state index contributed by atoms with van der Waals surface area (Å²) in [4.78, 5) is 38.2. The highest BCUT2D eigenvalue weighted by molar-refractivity contribution is 5.94. The molecule has 0 aliphatic heterocycles. The molecule has 5 aliphatic carbocycles. The van der Waals surface area contributed by atoms with Crippen LogP contribution in [0.2, 0.25) is 0 Å².